The summed E-state index contributed by atoms with van der Waals surface area (Å²) in [5.41, 5.74) is 1.32. The van der Waals surface area contributed by atoms with Crippen molar-refractivity contribution in [3.8, 4) is 5.75 Å². The fourth-order valence-electron chi connectivity index (χ4n) is 3.86. The molecule has 2 aromatic rings. The summed E-state index contributed by atoms with van der Waals surface area (Å²) in [6.07, 6.45) is 3.46. The largest absolute Gasteiger partial charge is 0.497 e. The Morgan fingerprint density at radius 1 is 1.23 bits per heavy atom. The highest BCUT2D eigenvalue weighted by Gasteiger charge is 2.55. The van der Waals surface area contributed by atoms with Gasteiger partial charge in [-0.15, -0.1) is 0 Å². The molecule has 1 aromatic carbocycles. The molecule has 6 nitrogen and oxygen atoms in total. The number of nitrogens with zero attached hydrogens (tertiary/aromatic N) is 4. The number of carbonyl (C=O) groups is 1. The number of benzene rings is 1. The summed E-state index contributed by atoms with van der Waals surface area (Å²) >= 11 is 6.24. The predicted octanol–water partition coefficient (Wildman–Crippen LogP) is 2.76. The van der Waals surface area contributed by atoms with E-state index in [9.17, 15) is 4.79 Å². The lowest BCUT2D eigenvalue weighted by Crippen LogP contribution is -2.63. The fourth-order valence-corrected chi connectivity index (χ4v) is 4.06. The molecule has 3 heterocycles. The van der Waals surface area contributed by atoms with Gasteiger partial charge in [-0.3, -0.25) is 9.78 Å². The molecule has 0 unspecified atom stereocenters. The standard InChI is InChI=1S/C19H21ClN4O2/c1-12(2)24-11-19(16-17(24)22-7-6-21-16)9-23(10-19)18(25)14-8-13(26-3)4-5-15(14)20/h4-8,12H,9-11H2,1-3H3. The smallest absolute Gasteiger partial charge is 0.255 e. The van der Waals surface area contributed by atoms with E-state index in [1.54, 1.807) is 37.7 Å². The Bertz CT molecular complexity index is 864. The van der Waals surface area contributed by atoms with Gasteiger partial charge in [0.25, 0.3) is 5.91 Å². The van der Waals surface area contributed by atoms with Crippen molar-refractivity contribution >= 4 is 23.3 Å². The Hall–Kier alpha value is -2.34. The Labute approximate surface area is 157 Å². The molecule has 2 aliphatic rings. The molecule has 4 rings (SSSR count). The number of likely N-dealkylation sites (tertiary alicyclic amines) is 1. The van der Waals surface area contributed by atoms with Crippen molar-refractivity contribution < 1.29 is 9.53 Å². The van der Waals surface area contributed by atoms with E-state index >= 15 is 0 Å². The molecule has 7 heteroatoms. The van der Waals surface area contributed by atoms with E-state index in [-0.39, 0.29) is 11.3 Å². The summed E-state index contributed by atoms with van der Waals surface area (Å²) in [6.45, 7) is 6.37. The molecule has 136 valence electrons. The minimum absolute atomic E-state index is 0.0760. The van der Waals surface area contributed by atoms with Gasteiger partial charge in [0.15, 0.2) is 5.82 Å². The number of amides is 1. The number of ether oxygens (including phenoxy) is 1. The number of methoxy groups -OCH3 is 1. The molecule has 0 aliphatic carbocycles. The Kier molecular flexibility index (Phi) is 4.03. The van der Waals surface area contributed by atoms with E-state index < -0.39 is 0 Å². The molecule has 1 fully saturated rings. The van der Waals surface area contributed by atoms with E-state index in [1.807, 2.05) is 4.90 Å². The highest BCUT2D eigenvalue weighted by molar-refractivity contribution is 6.33. The second-order valence-electron chi connectivity index (χ2n) is 7.24. The second kappa shape index (κ2) is 6.13. The van der Waals surface area contributed by atoms with Crippen LogP contribution in [-0.4, -0.2) is 53.6 Å². The molecular weight excluding hydrogens is 352 g/mol. The van der Waals surface area contributed by atoms with Gasteiger partial charge in [0.1, 0.15) is 5.75 Å². The number of halogens is 1. The molecule has 0 saturated carbocycles. The first-order valence-electron chi connectivity index (χ1n) is 8.66. The van der Waals surface area contributed by atoms with E-state index in [2.05, 4.69) is 28.7 Å². The average molecular weight is 373 g/mol. The van der Waals surface area contributed by atoms with Crippen LogP contribution in [0.4, 0.5) is 5.82 Å². The molecule has 1 saturated heterocycles. The van der Waals surface area contributed by atoms with Gasteiger partial charge in [-0.2, -0.15) is 0 Å². The molecule has 26 heavy (non-hydrogen) atoms. The van der Waals surface area contributed by atoms with Gasteiger partial charge in [-0.1, -0.05) is 11.6 Å². The third kappa shape index (κ3) is 2.51. The maximum Gasteiger partial charge on any atom is 0.255 e. The summed E-state index contributed by atoms with van der Waals surface area (Å²) in [6, 6.07) is 5.47. The van der Waals surface area contributed by atoms with E-state index in [1.165, 1.54) is 0 Å². The first-order valence-corrected chi connectivity index (χ1v) is 9.04. The first-order chi connectivity index (χ1) is 12.4. The lowest BCUT2D eigenvalue weighted by Gasteiger charge is -2.48. The number of anilines is 1. The quantitative estimate of drug-likeness (QED) is 0.829. The zero-order valence-corrected chi connectivity index (χ0v) is 15.8. The summed E-state index contributed by atoms with van der Waals surface area (Å²) in [5.74, 6) is 1.48. The fraction of sp³-hybridized carbons (Fsp3) is 0.421. The van der Waals surface area contributed by atoms with Crippen LogP contribution in [0.25, 0.3) is 0 Å². The zero-order chi connectivity index (χ0) is 18.5. The zero-order valence-electron chi connectivity index (χ0n) is 15.1. The van der Waals surface area contributed by atoms with Crippen molar-refractivity contribution in [2.24, 2.45) is 0 Å². The number of carbonyl (C=O) groups excluding carboxylic acids is 1. The molecule has 0 atom stereocenters. The van der Waals surface area contributed by atoms with Crippen LogP contribution in [0.1, 0.15) is 29.9 Å². The summed E-state index contributed by atoms with van der Waals surface area (Å²) in [7, 11) is 1.57. The van der Waals surface area contributed by atoms with Crippen LogP contribution in [-0.2, 0) is 5.41 Å². The van der Waals surface area contributed by atoms with E-state index in [0.29, 0.717) is 35.5 Å². The van der Waals surface area contributed by atoms with Crippen molar-refractivity contribution in [1.82, 2.24) is 14.9 Å². The molecule has 2 aliphatic heterocycles. The van der Waals surface area contributed by atoms with Crippen LogP contribution in [0, 0.1) is 0 Å². The summed E-state index contributed by atoms with van der Waals surface area (Å²) in [5, 5.41) is 0.437. The van der Waals surface area contributed by atoms with Crippen LogP contribution < -0.4 is 9.64 Å². The average Bonchev–Trinajstić information content (AvgIpc) is 2.96. The van der Waals surface area contributed by atoms with E-state index in [4.69, 9.17) is 16.3 Å². The van der Waals surface area contributed by atoms with Gasteiger partial charge < -0.3 is 14.5 Å². The lowest BCUT2D eigenvalue weighted by atomic mass is 9.78. The number of aromatic nitrogens is 2. The van der Waals surface area contributed by atoms with Crippen molar-refractivity contribution in [1.29, 1.82) is 0 Å². The van der Waals surface area contributed by atoms with Crippen molar-refractivity contribution in [3.05, 3.63) is 46.9 Å². The third-order valence-electron chi connectivity index (χ3n) is 5.23. The minimum atomic E-state index is -0.144. The number of fused-ring (bicyclic) bond motifs is 2. The van der Waals surface area contributed by atoms with Gasteiger partial charge >= 0.3 is 0 Å². The number of hydrogen-bond donors (Lipinski definition) is 0. The lowest BCUT2D eigenvalue weighted by molar-refractivity contribution is 0.0415. The van der Waals surface area contributed by atoms with Crippen molar-refractivity contribution in [2.45, 2.75) is 25.3 Å². The highest BCUT2D eigenvalue weighted by atomic mass is 35.5. The van der Waals surface area contributed by atoms with Gasteiger partial charge in [0.05, 0.1) is 28.8 Å². The maximum absolute atomic E-state index is 12.9. The van der Waals surface area contributed by atoms with Crippen molar-refractivity contribution in [2.75, 3.05) is 31.6 Å². The summed E-state index contributed by atoms with van der Waals surface area (Å²) in [4.78, 5) is 26.1. The molecule has 1 amide bonds. The van der Waals surface area contributed by atoms with Gasteiger partial charge in [0, 0.05) is 38.1 Å². The normalized spacial score (nSPS) is 17.4. The SMILES string of the molecule is COc1ccc(Cl)c(C(=O)N2CC3(C2)CN(C(C)C)c2nccnc23)c1. The van der Waals surface area contributed by atoms with Crippen LogP contribution in [0.15, 0.2) is 30.6 Å². The van der Waals surface area contributed by atoms with Gasteiger partial charge in [-0.05, 0) is 32.0 Å². The molecule has 1 aromatic heterocycles. The molecule has 0 bridgehead atoms. The number of hydrogen-bond acceptors (Lipinski definition) is 5. The van der Waals surface area contributed by atoms with Gasteiger partial charge in [0.2, 0.25) is 0 Å². The highest BCUT2D eigenvalue weighted by Crippen LogP contribution is 2.45. The predicted molar refractivity (Wildman–Crippen MR) is 100 cm³/mol. The maximum atomic E-state index is 12.9. The first kappa shape index (κ1) is 17.1. The van der Waals surface area contributed by atoms with Crippen molar-refractivity contribution in [3.63, 3.8) is 0 Å². The minimum Gasteiger partial charge on any atom is -0.497 e. The van der Waals surface area contributed by atoms with Crippen LogP contribution in [0.3, 0.4) is 0 Å². The molecular formula is C19H21ClN4O2. The van der Waals surface area contributed by atoms with E-state index in [0.717, 1.165) is 18.1 Å². The number of rotatable bonds is 3. The molecule has 1 spiro atoms. The Morgan fingerprint density at radius 2 is 1.96 bits per heavy atom. The Balaban J connectivity index is 1.58. The monoisotopic (exact) mass is 372 g/mol. The topological polar surface area (TPSA) is 58.6 Å². The third-order valence-corrected chi connectivity index (χ3v) is 5.56. The molecule has 0 radical (unpaired) electrons. The van der Waals surface area contributed by atoms with Crippen LogP contribution in [0.5, 0.6) is 5.75 Å². The Morgan fingerprint density at radius 3 is 2.65 bits per heavy atom. The second-order valence-corrected chi connectivity index (χ2v) is 7.64. The summed E-state index contributed by atoms with van der Waals surface area (Å²) < 4.78 is 5.22. The van der Waals surface area contributed by atoms with Gasteiger partial charge in [-0.25, -0.2) is 4.98 Å². The van der Waals surface area contributed by atoms with Crippen LogP contribution >= 0.6 is 11.6 Å². The molecule has 0 N–H and O–H groups in total. The van der Waals surface area contributed by atoms with Crippen LogP contribution in [0.2, 0.25) is 5.02 Å².